The summed E-state index contributed by atoms with van der Waals surface area (Å²) in [5.74, 6) is 0.173. The van der Waals surface area contributed by atoms with Crippen molar-refractivity contribution in [3.8, 4) is 17.0 Å². The first kappa shape index (κ1) is 17.8. The van der Waals surface area contributed by atoms with Gasteiger partial charge in [0, 0.05) is 23.1 Å². The second-order valence-corrected chi connectivity index (χ2v) is 6.41. The Kier molecular flexibility index (Phi) is 5.15. The van der Waals surface area contributed by atoms with E-state index < -0.39 is 10.8 Å². The molecule has 26 heavy (non-hydrogen) atoms. The lowest BCUT2D eigenvalue weighted by Gasteiger charge is -2.04. The van der Waals surface area contributed by atoms with Gasteiger partial charge in [0.05, 0.1) is 28.3 Å². The SMILES string of the molecule is COc1ccc(-c2csc(NC(=O)c3cc([N+](=O)[O-])ccc3Cl)n2)cc1. The van der Waals surface area contributed by atoms with Gasteiger partial charge >= 0.3 is 0 Å². The summed E-state index contributed by atoms with van der Waals surface area (Å²) < 4.78 is 5.11. The summed E-state index contributed by atoms with van der Waals surface area (Å²) in [4.78, 5) is 27.0. The van der Waals surface area contributed by atoms with Gasteiger partial charge in [-0.15, -0.1) is 11.3 Å². The van der Waals surface area contributed by atoms with Gasteiger partial charge in [-0.2, -0.15) is 0 Å². The summed E-state index contributed by atoms with van der Waals surface area (Å²) >= 11 is 7.22. The van der Waals surface area contributed by atoms with Crippen LogP contribution in [0.2, 0.25) is 5.02 Å². The van der Waals surface area contributed by atoms with Gasteiger partial charge in [0.15, 0.2) is 5.13 Å². The standard InChI is InChI=1S/C17H12ClN3O4S/c1-25-12-5-2-10(3-6-12)15-9-26-17(19-15)20-16(22)13-8-11(21(23)24)4-7-14(13)18/h2-9H,1H3,(H,19,20,22). The van der Waals surface area contributed by atoms with Crippen LogP contribution in [0.3, 0.4) is 0 Å². The van der Waals surface area contributed by atoms with Crippen LogP contribution in [-0.2, 0) is 0 Å². The molecule has 0 saturated carbocycles. The largest absolute Gasteiger partial charge is 0.497 e. The lowest BCUT2D eigenvalue weighted by Crippen LogP contribution is -2.12. The highest BCUT2D eigenvalue weighted by Crippen LogP contribution is 2.28. The quantitative estimate of drug-likeness (QED) is 0.507. The number of non-ortho nitro benzene ring substituents is 1. The number of methoxy groups -OCH3 is 1. The van der Waals surface area contributed by atoms with Gasteiger partial charge < -0.3 is 4.74 Å². The average Bonchev–Trinajstić information content (AvgIpc) is 3.10. The van der Waals surface area contributed by atoms with Crippen molar-refractivity contribution < 1.29 is 14.5 Å². The van der Waals surface area contributed by atoms with E-state index in [1.54, 1.807) is 12.5 Å². The van der Waals surface area contributed by atoms with Crippen LogP contribution in [0.15, 0.2) is 47.8 Å². The van der Waals surface area contributed by atoms with E-state index in [0.717, 1.165) is 17.4 Å². The Labute approximate surface area is 157 Å². The molecule has 0 spiro atoms. The van der Waals surface area contributed by atoms with Gasteiger partial charge in [-0.05, 0) is 30.3 Å². The molecule has 0 aliphatic rings. The number of nitrogens with one attached hydrogen (secondary N) is 1. The molecule has 0 saturated heterocycles. The molecule has 0 radical (unpaired) electrons. The van der Waals surface area contributed by atoms with Gasteiger partial charge in [-0.3, -0.25) is 20.2 Å². The molecule has 3 rings (SSSR count). The van der Waals surface area contributed by atoms with Crippen molar-refractivity contribution in [2.24, 2.45) is 0 Å². The zero-order valence-electron chi connectivity index (χ0n) is 13.4. The number of carbonyl (C=O) groups excluding carboxylic acids is 1. The zero-order chi connectivity index (χ0) is 18.7. The Morgan fingerprint density at radius 2 is 2.00 bits per heavy atom. The highest BCUT2D eigenvalue weighted by atomic mass is 35.5. The van der Waals surface area contributed by atoms with Gasteiger partial charge in [0.1, 0.15) is 5.75 Å². The molecule has 0 bridgehead atoms. The highest BCUT2D eigenvalue weighted by molar-refractivity contribution is 7.14. The second-order valence-electron chi connectivity index (χ2n) is 5.14. The van der Waals surface area contributed by atoms with Crippen LogP contribution in [0.5, 0.6) is 5.75 Å². The van der Waals surface area contributed by atoms with Crippen molar-refractivity contribution in [3.05, 3.63) is 68.5 Å². The molecule has 1 heterocycles. The number of thiazole rings is 1. The van der Waals surface area contributed by atoms with Gasteiger partial charge in [-0.1, -0.05) is 11.6 Å². The first-order chi connectivity index (χ1) is 12.5. The normalized spacial score (nSPS) is 10.4. The number of nitrogens with zero attached hydrogens (tertiary/aromatic N) is 2. The molecule has 2 aromatic carbocycles. The molecule has 1 N–H and O–H groups in total. The van der Waals surface area contributed by atoms with E-state index in [-0.39, 0.29) is 16.3 Å². The number of carbonyl (C=O) groups is 1. The van der Waals surface area contributed by atoms with Crippen molar-refractivity contribution in [3.63, 3.8) is 0 Å². The number of hydrogen-bond acceptors (Lipinski definition) is 6. The first-order valence-corrected chi connectivity index (χ1v) is 8.59. The van der Waals surface area contributed by atoms with Gasteiger partial charge in [0.2, 0.25) is 0 Å². The van der Waals surface area contributed by atoms with E-state index in [4.69, 9.17) is 16.3 Å². The number of benzene rings is 2. The summed E-state index contributed by atoms with van der Waals surface area (Å²) in [5.41, 5.74) is 1.37. The maximum absolute atomic E-state index is 12.4. The Morgan fingerprint density at radius 3 is 2.65 bits per heavy atom. The van der Waals surface area contributed by atoms with E-state index in [9.17, 15) is 14.9 Å². The lowest BCUT2D eigenvalue weighted by atomic mass is 10.2. The van der Waals surface area contributed by atoms with Crippen molar-refractivity contribution in [2.45, 2.75) is 0 Å². The molecule has 3 aromatic rings. The smallest absolute Gasteiger partial charge is 0.270 e. The Morgan fingerprint density at radius 1 is 1.27 bits per heavy atom. The predicted molar refractivity (Wildman–Crippen MR) is 100 cm³/mol. The minimum atomic E-state index is -0.585. The third kappa shape index (κ3) is 3.81. The van der Waals surface area contributed by atoms with E-state index in [2.05, 4.69) is 10.3 Å². The predicted octanol–water partition coefficient (Wildman–Crippen LogP) is 4.63. The van der Waals surface area contributed by atoms with Gasteiger partial charge in [-0.25, -0.2) is 4.98 Å². The molecule has 0 aliphatic heterocycles. The number of nitro groups is 1. The van der Waals surface area contributed by atoms with Crippen LogP contribution in [0.1, 0.15) is 10.4 Å². The molecule has 1 aromatic heterocycles. The fourth-order valence-corrected chi connectivity index (χ4v) is 3.11. The molecule has 0 fully saturated rings. The van der Waals surface area contributed by atoms with E-state index in [1.165, 1.54) is 23.5 Å². The third-order valence-electron chi connectivity index (χ3n) is 3.52. The number of aromatic nitrogens is 1. The Bertz CT molecular complexity index is 972. The fraction of sp³-hybridized carbons (Fsp3) is 0.0588. The molecule has 7 nitrogen and oxygen atoms in total. The van der Waals surface area contributed by atoms with E-state index >= 15 is 0 Å². The molecular formula is C17H12ClN3O4S. The van der Waals surface area contributed by atoms with E-state index in [1.807, 2.05) is 24.3 Å². The molecule has 9 heteroatoms. The topological polar surface area (TPSA) is 94.4 Å². The summed E-state index contributed by atoms with van der Waals surface area (Å²) in [6, 6.07) is 11.0. The summed E-state index contributed by atoms with van der Waals surface area (Å²) in [5, 5.41) is 15.8. The molecule has 0 unspecified atom stereocenters. The fourth-order valence-electron chi connectivity index (χ4n) is 2.19. The molecule has 0 atom stereocenters. The maximum Gasteiger partial charge on any atom is 0.270 e. The second kappa shape index (κ2) is 7.51. The summed E-state index contributed by atoms with van der Waals surface area (Å²) in [6.07, 6.45) is 0. The van der Waals surface area contributed by atoms with Crippen LogP contribution in [-0.4, -0.2) is 22.9 Å². The van der Waals surface area contributed by atoms with Crippen LogP contribution in [0.4, 0.5) is 10.8 Å². The molecule has 132 valence electrons. The van der Waals surface area contributed by atoms with Crippen LogP contribution in [0.25, 0.3) is 11.3 Å². The highest BCUT2D eigenvalue weighted by Gasteiger charge is 2.17. The summed E-state index contributed by atoms with van der Waals surface area (Å²) in [6.45, 7) is 0. The minimum Gasteiger partial charge on any atom is -0.497 e. The van der Waals surface area contributed by atoms with Gasteiger partial charge in [0.25, 0.3) is 11.6 Å². The molecule has 0 aliphatic carbocycles. The van der Waals surface area contributed by atoms with Crippen LogP contribution >= 0.6 is 22.9 Å². The maximum atomic E-state index is 12.4. The minimum absolute atomic E-state index is 0.0158. The number of ether oxygens (including phenoxy) is 1. The third-order valence-corrected chi connectivity index (χ3v) is 4.60. The van der Waals surface area contributed by atoms with Crippen molar-refractivity contribution in [1.82, 2.24) is 4.98 Å². The molecular weight excluding hydrogens is 378 g/mol. The summed E-state index contributed by atoms with van der Waals surface area (Å²) in [7, 11) is 1.59. The number of hydrogen-bond donors (Lipinski definition) is 1. The Balaban J connectivity index is 1.79. The Hall–Kier alpha value is -2.97. The van der Waals surface area contributed by atoms with E-state index in [0.29, 0.717) is 10.8 Å². The zero-order valence-corrected chi connectivity index (χ0v) is 15.0. The monoisotopic (exact) mass is 389 g/mol. The number of anilines is 1. The number of amides is 1. The van der Waals surface area contributed by atoms with Crippen molar-refractivity contribution in [1.29, 1.82) is 0 Å². The van der Waals surface area contributed by atoms with Crippen molar-refractivity contribution >= 4 is 39.7 Å². The average molecular weight is 390 g/mol. The van der Waals surface area contributed by atoms with Crippen LogP contribution < -0.4 is 10.1 Å². The van der Waals surface area contributed by atoms with Crippen LogP contribution in [0, 0.1) is 10.1 Å². The number of halogens is 1. The lowest BCUT2D eigenvalue weighted by molar-refractivity contribution is -0.384. The van der Waals surface area contributed by atoms with Crippen molar-refractivity contribution in [2.75, 3.05) is 12.4 Å². The molecule has 1 amide bonds. The number of nitro benzene ring substituents is 1. The number of rotatable bonds is 5. The first-order valence-electron chi connectivity index (χ1n) is 7.33.